The molecule has 8 heteroatoms. The topological polar surface area (TPSA) is 85.7 Å². The van der Waals surface area contributed by atoms with E-state index in [1.165, 1.54) is 24.0 Å². The number of amides is 2. The van der Waals surface area contributed by atoms with Crippen LogP contribution in [0.25, 0.3) is 11.1 Å². The highest BCUT2D eigenvalue weighted by Gasteiger charge is 2.34. The molecule has 46 heavy (non-hydrogen) atoms. The number of nitrogens with zero attached hydrogens (tertiary/aromatic N) is 3. The molecule has 3 aliphatic rings. The van der Waals surface area contributed by atoms with Gasteiger partial charge < -0.3 is 19.7 Å². The maximum absolute atomic E-state index is 14.4. The molecular formula is C38H50N4O4. The SMILES string of the molecule is COc1ccc(C2CCC(CN(C(=O)C3CCC(OC(=O)NC(C)C)CC3)c3cccc(-c4cnn(C5CC5)c4)c3)CC2)cc1C. The third-order valence-corrected chi connectivity index (χ3v) is 10.2. The van der Waals surface area contributed by atoms with Gasteiger partial charge in [-0.2, -0.15) is 5.10 Å². The van der Waals surface area contributed by atoms with Crippen molar-refractivity contribution in [1.29, 1.82) is 0 Å². The number of ether oxygens (including phenoxy) is 2. The molecule has 3 aliphatic carbocycles. The lowest BCUT2D eigenvalue weighted by Crippen LogP contribution is -2.42. The Kier molecular flexibility index (Phi) is 10.00. The van der Waals surface area contributed by atoms with Gasteiger partial charge in [0.2, 0.25) is 5.91 Å². The number of anilines is 1. The van der Waals surface area contributed by atoms with E-state index in [2.05, 4.69) is 75.6 Å². The standard InChI is InChI=1S/C38H50N4O4/c1-25(2)40-38(44)46-35-17-12-29(13-18-35)37(43)41(34-7-5-6-30(21-34)32-22-39-42(24-32)33-15-16-33)23-27-8-10-28(11-9-27)31-14-19-36(45-4)26(3)20-31/h5-7,14,19-22,24-25,27-29,33,35H,8-13,15-18,23H2,1-4H3,(H,40,44). The molecule has 0 atom stereocenters. The van der Waals surface area contributed by atoms with Crippen LogP contribution >= 0.6 is 0 Å². The normalized spacial score (nSPS) is 23.2. The Hall–Kier alpha value is -3.81. The number of alkyl carbamates (subject to hydrolysis) is 1. The number of nitrogens with one attached hydrogen (secondary N) is 1. The van der Waals surface area contributed by atoms with Crippen molar-refractivity contribution in [2.24, 2.45) is 11.8 Å². The highest BCUT2D eigenvalue weighted by molar-refractivity contribution is 5.95. The van der Waals surface area contributed by atoms with E-state index in [0.717, 1.165) is 67.6 Å². The lowest BCUT2D eigenvalue weighted by molar-refractivity contribution is -0.124. The van der Waals surface area contributed by atoms with Gasteiger partial charge in [0.05, 0.1) is 19.3 Å². The van der Waals surface area contributed by atoms with Gasteiger partial charge in [0.1, 0.15) is 11.9 Å². The summed E-state index contributed by atoms with van der Waals surface area (Å²) in [6, 6.07) is 15.6. The fourth-order valence-corrected chi connectivity index (χ4v) is 7.36. The number of benzene rings is 2. The number of carbonyl (C=O) groups is 2. The van der Waals surface area contributed by atoms with Gasteiger partial charge in [-0.15, -0.1) is 0 Å². The second-order valence-electron chi connectivity index (χ2n) is 14.1. The van der Waals surface area contributed by atoms with Crippen LogP contribution in [0, 0.1) is 18.8 Å². The van der Waals surface area contributed by atoms with Crippen LogP contribution in [0.4, 0.5) is 10.5 Å². The maximum atomic E-state index is 14.4. The molecule has 0 bridgehead atoms. The zero-order valence-corrected chi connectivity index (χ0v) is 27.9. The van der Waals surface area contributed by atoms with Crippen molar-refractivity contribution in [3.63, 3.8) is 0 Å². The summed E-state index contributed by atoms with van der Waals surface area (Å²) in [7, 11) is 1.73. The number of methoxy groups -OCH3 is 1. The number of hydrogen-bond donors (Lipinski definition) is 1. The second-order valence-corrected chi connectivity index (χ2v) is 14.1. The first kappa shape index (κ1) is 32.1. The molecule has 3 fully saturated rings. The van der Waals surface area contributed by atoms with Crippen molar-refractivity contribution < 1.29 is 19.1 Å². The van der Waals surface area contributed by atoms with Crippen LogP contribution in [-0.2, 0) is 9.53 Å². The molecule has 2 aromatic carbocycles. The molecule has 8 nitrogen and oxygen atoms in total. The van der Waals surface area contributed by atoms with Gasteiger partial charge in [0, 0.05) is 36.0 Å². The van der Waals surface area contributed by atoms with Crippen molar-refractivity contribution in [1.82, 2.24) is 15.1 Å². The minimum absolute atomic E-state index is 0.0353. The summed E-state index contributed by atoms with van der Waals surface area (Å²) in [5.74, 6) is 2.05. The number of carbonyl (C=O) groups excluding carboxylic acids is 2. The molecular weight excluding hydrogens is 576 g/mol. The number of aryl methyl sites for hydroxylation is 1. The van der Waals surface area contributed by atoms with E-state index in [1.807, 2.05) is 20.0 Å². The van der Waals surface area contributed by atoms with Gasteiger partial charge in [-0.1, -0.05) is 24.3 Å². The van der Waals surface area contributed by atoms with Crippen molar-refractivity contribution in [2.75, 3.05) is 18.6 Å². The van der Waals surface area contributed by atoms with E-state index >= 15 is 0 Å². The molecule has 0 spiro atoms. The summed E-state index contributed by atoms with van der Waals surface area (Å²) in [6.45, 7) is 6.69. The highest BCUT2D eigenvalue weighted by Crippen LogP contribution is 2.40. The van der Waals surface area contributed by atoms with E-state index in [-0.39, 0.29) is 30.1 Å². The summed E-state index contributed by atoms with van der Waals surface area (Å²) in [5, 5.41) is 7.42. The zero-order valence-electron chi connectivity index (χ0n) is 27.9. The summed E-state index contributed by atoms with van der Waals surface area (Å²) < 4.78 is 13.2. The predicted molar refractivity (Wildman–Crippen MR) is 181 cm³/mol. The second kappa shape index (κ2) is 14.3. The molecule has 2 amide bonds. The number of hydrogen-bond acceptors (Lipinski definition) is 5. The van der Waals surface area contributed by atoms with E-state index in [9.17, 15) is 9.59 Å². The maximum Gasteiger partial charge on any atom is 0.407 e. The zero-order chi connectivity index (χ0) is 32.2. The molecule has 0 radical (unpaired) electrons. The van der Waals surface area contributed by atoms with Crippen LogP contribution in [0.2, 0.25) is 0 Å². The largest absolute Gasteiger partial charge is 0.496 e. The van der Waals surface area contributed by atoms with E-state index in [4.69, 9.17) is 9.47 Å². The Balaban J connectivity index is 1.16. The first-order valence-electron chi connectivity index (χ1n) is 17.3. The molecule has 0 aliphatic heterocycles. The monoisotopic (exact) mass is 626 g/mol. The van der Waals surface area contributed by atoms with Gasteiger partial charge >= 0.3 is 6.09 Å². The van der Waals surface area contributed by atoms with Crippen LogP contribution in [0.5, 0.6) is 5.75 Å². The summed E-state index contributed by atoms with van der Waals surface area (Å²) in [6.07, 6.45) is 13.3. The van der Waals surface area contributed by atoms with E-state index < -0.39 is 0 Å². The van der Waals surface area contributed by atoms with Crippen molar-refractivity contribution >= 4 is 17.7 Å². The first-order chi connectivity index (χ1) is 22.3. The lowest BCUT2D eigenvalue weighted by Gasteiger charge is -2.36. The molecule has 3 saturated carbocycles. The van der Waals surface area contributed by atoms with E-state index in [0.29, 0.717) is 30.7 Å². The van der Waals surface area contributed by atoms with Crippen molar-refractivity contribution in [2.45, 2.75) is 109 Å². The first-order valence-corrected chi connectivity index (χ1v) is 17.3. The highest BCUT2D eigenvalue weighted by atomic mass is 16.6. The fraction of sp³-hybridized carbons (Fsp3) is 0.553. The molecule has 0 unspecified atom stereocenters. The Morgan fingerprint density at radius 2 is 1.72 bits per heavy atom. The minimum Gasteiger partial charge on any atom is -0.496 e. The molecule has 0 saturated heterocycles. The van der Waals surface area contributed by atoms with Gasteiger partial charge in [-0.25, -0.2) is 4.79 Å². The quantitative estimate of drug-likeness (QED) is 0.245. The predicted octanol–water partition coefficient (Wildman–Crippen LogP) is 8.20. The van der Waals surface area contributed by atoms with E-state index in [1.54, 1.807) is 7.11 Å². The van der Waals surface area contributed by atoms with Crippen LogP contribution < -0.4 is 15.0 Å². The molecule has 1 N–H and O–H groups in total. The Bertz CT molecular complexity index is 1500. The van der Waals surface area contributed by atoms with Gasteiger partial charge in [-0.05, 0) is 132 Å². The van der Waals surface area contributed by atoms with Gasteiger partial charge in [0.15, 0.2) is 0 Å². The smallest absolute Gasteiger partial charge is 0.407 e. The van der Waals surface area contributed by atoms with Gasteiger partial charge in [0.25, 0.3) is 0 Å². The van der Waals surface area contributed by atoms with Crippen LogP contribution in [0.3, 0.4) is 0 Å². The van der Waals surface area contributed by atoms with Gasteiger partial charge in [-0.3, -0.25) is 9.48 Å². The van der Waals surface area contributed by atoms with Crippen molar-refractivity contribution in [3.8, 4) is 16.9 Å². The summed E-state index contributed by atoms with van der Waals surface area (Å²) in [5.41, 5.74) is 5.72. The average molecular weight is 627 g/mol. The number of rotatable bonds is 10. The molecule has 1 heterocycles. The number of aromatic nitrogens is 2. The Morgan fingerprint density at radius 3 is 2.39 bits per heavy atom. The Labute approximate surface area is 273 Å². The van der Waals surface area contributed by atoms with Crippen LogP contribution in [0.15, 0.2) is 54.9 Å². The Morgan fingerprint density at radius 1 is 0.957 bits per heavy atom. The average Bonchev–Trinajstić information content (AvgIpc) is 3.79. The van der Waals surface area contributed by atoms with Crippen molar-refractivity contribution in [3.05, 3.63) is 66.0 Å². The van der Waals surface area contributed by atoms with Crippen LogP contribution in [-0.4, -0.2) is 47.6 Å². The summed E-state index contributed by atoms with van der Waals surface area (Å²) in [4.78, 5) is 28.6. The van der Waals surface area contributed by atoms with Crippen LogP contribution in [0.1, 0.15) is 101 Å². The molecule has 246 valence electrons. The summed E-state index contributed by atoms with van der Waals surface area (Å²) >= 11 is 0. The fourth-order valence-electron chi connectivity index (χ4n) is 7.36. The lowest BCUT2D eigenvalue weighted by atomic mass is 9.78. The third-order valence-electron chi connectivity index (χ3n) is 10.2. The minimum atomic E-state index is -0.367. The third kappa shape index (κ3) is 7.76. The molecule has 6 rings (SSSR count). The molecule has 1 aromatic heterocycles. The molecule has 3 aromatic rings.